The molecule has 2 aromatic rings. The fourth-order valence-electron chi connectivity index (χ4n) is 1.66. The molecule has 20 heavy (non-hydrogen) atoms. The van der Waals surface area contributed by atoms with Gasteiger partial charge in [0, 0.05) is 17.3 Å². The number of hydrogen-bond donors (Lipinski definition) is 1. The Balaban J connectivity index is 2.12. The van der Waals surface area contributed by atoms with Gasteiger partial charge in [0.15, 0.2) is 0 Å². The average Bonchev–Trinajstić information content (AvgIpc) is 2.95. The van der Waals surface area contributed by atoms with Crippen molar-refractivity contribution in [2.24, 2.45) is 0 Å². The number of aromatic nitrogens is 2. The predicted octanol–water partition coefficient (Wildman–Crippen LogP) is 3.12. The summed E-state index contributed by atoms with van der Waals surface area (Å²) in [5.41, 5.74) is 2.50. The maximum absolute atomic E-state index is 11.7. The highest BCUT2D eigenvalue weighted by Gasteiger charge is 2.07. The Hall–Kier alpha value is -2.69. The normalized spacial score (nSPS) is 11.3. The minimum atomic E-state index is -0.170. The summed E-state index contributed by atoms with van der Waals surface area (Å²) in [6.45, 7) is 3.80. The molecule has 0 aliphatic rings. The van der Waals surface area contributed by atoms with E-state index >= 15 is 0 Å². The van der Waals surface area contributed by atoms with Gasteiger partial charge in [0.2, 0.25) is 18.2 Å². The van der Waals surface area contributed by atoms with E-state index in [1.807, 2.05) is 38.1 Å². The van der Waals surface area contributed by atoms with E-state index in [9.17, 15) is 4.79 Å². The number of aryl methyl sites for hydroxylation is 1. The molecule has 1 N–H and O–H groups in total. The van der Waals surface area contributed by atoms with Crippen molar-refractivity contribution < 1.29 is 9.21 Å². The monoisotopic (exact) mass is 269 g/mol. The van der Waals surface area contributed by atoms with Crippen LogP contribution in [0.15, 0.2) is 53.3 Å². The van der Waals surface area contributed by atoms with E-state index in [1.165, 1.54) is 12.5 Å². The van der Waals surface area contributed by atoms with Crippen LogP contribution < -0.4 is 5.32 Å². The molecule has 2 rings (SSSR count). The Morgan fingerprint density at radius 1 is 1.35 bits per heavy atom. The number of rotatable bonds is 4. The molecule has 0 fully saturated rings. The molecular weight excluding hydrogens is 254 g/mol. The van der Waals surface area contributed by atoms with Crippen molar-refractivity contribution in [1.82, 2.24) is 10.2 Å². The van der Waals surface area contributed by atoms with Crippen LogP contribution in [0.2, 0.25) is 0 Å². The number of hydrogen-bond acceptors (Lipinski definition) is 4. The van der Waals surface area contributed by atoms with E-state index in [4.69, 9.17) is 4.42 Å². The summed E-state index contributed by atoms with van der Waals surface area (Å²) in [7, 11) is 0. The van der Waals surface area contributed by atoms with E-state index in [-0.39, 0.29) is 5.91 Å². The first-order chi connectivity index (χ1) is 9.70. The number of benzene rings is 1. The Labute approximate surface area is 117 Å². The maximum Gasteiger partial charge on any atom is 0.248 e. The topological polar surface area (TPSA) is 68.0 Å². The average molecular weight is 269 g/mol. The third kappa shape index (κ3) is 3.41. The van der Waals surface area contributed by atoms with Crippen LogP contribution >= 0.6 is 0 Å². The number of amides is 1. The standard InChI is InChI=1S/C15H15N3O2/c1-3-4-5-6-14(19)17-13-8-7-12(9-11(13)2)15-18-16-10-20-15/h3-10H,1-2H3,(H,17,19)/b4-3+,6-5-. The molecule has 1 amide bonds. The molecule has 0 unspecified atom stereocenters. The van der Waals surface area contributed by atoms with Gasteiger partial charge in [0.25, 0.3) is 0 Å². The largest absolute Gasteiger partial charge is 0.423 e. The molecule has 1 aromatic heterocycles. The highest BCUT2D eigenvalue weighted by molar-refractivity contribution is 6.00. The van der Waals surface area contributed by atoms with E-state index in [2.05, 4.69) is 15.5 Å². The smallest absolute Gasteiger partial charge is 0.248 e. The zero-order chi connectivity index (χ0) is 14.4. The number of nitrogens with zero attached hydrogens (tertiary/aromatic N) is 2. The summed E-state index contributed by atoms with van der Waals surface area (Å²) in [5, 5.41) is 10.3. The van der Waals surface area contributed by atoms with Crippen molar-refractivity contribution in [1.29, 1.82) is 0 Å². The van der Waals surface area contributed by atoms with Gasteiger partial charge in [-0.2, -0.15) is 0 Å². The van der Waals surface area contributed by atoms with Crippen LogP contribution in [0.5, 0.6) is 0 Å². The van der Waals surface area contributed by atoms with Gasteiger partial charge >= 0.3 is 0 Å². The summed E-state index contributed by atoms with van der Waals surface area (Å²) in [6.07, 6.45) is 8.11. The van der Waals surface area contributed by atoms with Crippen molar-refractivity contribution in [3.63, 3.8) is 0 Å². The van der Waals surface area contributed by atoms with Crippen LogP contribution in [0.1, 0.15) is 12.5 Å². The van der Waals surface area contributed by atoms with Crippen LogP contribution in [-0.4, -0.2) is 16.1 Å². The number of nitrogens with one attached hydrogen (secondary N) is 1. The Kier molecular flexibility index (Phi) is 4.44. The number of anilines is 1. The van der Waals surface area contributed by atoms with Gasteiger partial charge < -0.3 is 9.73 Å². The van der Waals surface area contributed by atoms with Crippen molar-refractivity contribution >= 4 is 11.6 Å². The highest BCUT2D eigenvalue weighted by atomic mass is 16.4. The first kappa shape index (κ1) is 13.7. The summed E-state index contributed by atoms with van der Waals surface area (Å²) in [6, 6.07) is 5.53. The molecule has 0 radical (unpaired) electrons. The quantitative estimate of drug-likeness (QED) is 0.684. The molecular formula is C15H15N3O2. The molecule has 1 aromatic carbocycles. The highest BCUT2D eigenvalue weighted by Crippen LogP contribution is 2.23. The fourth-order valence-corrected chi connectivity index (χ4v) is 1.66. The molecule has 0 spiro atoms. The number of carbonyl (C=O) groups excluding carboxylic acids is 1. The Morgan fingerprint density at radius 2 is 2.20 bits per heavy atom. The second-order valence-electron chi connectivity index (χ2n) is 4.15. The molecule has 0 aliphatic carbocycles. The second kappa shape index (κ2) is 6.47. The maximum atomic E-state index is 11.7. The lowest BCUT2D eigenvalue weighted by Gasteiger charge is -2.07. The molecule has 1 heterocycles. The lowest BCUT2D eigenvalue weighted by atomic mass is 10.1. The van der Waals surface area contributed by atoms with E-state index < -0.39 is 0 Å². The summed E-state index contributed by atoms with van der Waals surface area (Å²) >= 11 is 0. The predicted molar refractivity (Wildman–Crippen MR) is 77.1 cm³/mol. The lowest BCUT2D eigenvalue weighted by molar-refractivity contribution is -0.111. The molecule has 0 bridgehead atoms. The van der Waals surface area contributed by atoms with Gasteiger partial charge in [-0.15, -0.1) is 10.2 Å². The van der Waals surface area contributed by atoms with Crippen molar-refractivity contribution in [2.45, 2.75) is 13.8 Å². The van der Waals surface area contributed by atoms with Crippen LogP contribution in [-0.2, 0) is 4.79 Å². The minimum Gasteiger partial charge on any atom is -0.423 e. The van der Waals surface area contributed by atoms with Gasteiger partial charge in [-0.3, -0.25) is 4.79 Å². The number of carbonyl (C=O) groups is 1. The van der Waals surface area contributed by atoms with Crippen LogP contribution in [0.4, 0.5) is 5.69 Å². The third-order valence-corrected chi connectivity index (χ3v) is 2.64. The van der Waals surface area contributed by atoms with Crippen molar-refractivity contribution in [2.75, 3.05) is 5.32 Å². The fraction of sp³-hybridized carbons (Fsp3) is 0.133. The Morgan fingerprint density at radius 3 is 2.85 bits per heavy atom. The molecule has 0 aliphatic heterocycles. The minimum absolute atomic E-state index is 0.170. The van der Waals surface area contributed by atoms with E-state index in [0.717, 1.165) is 16.8 Å². The molecule has 0 saturated heterocycles. The zero-order valence-corrected chi connectivity index (χ0v) is 11.3. The summed E-state index contributed by atoms with van der Waals surface area (Å²) < 4.78 is 5.13. The molecule has 0 saturated carbocycles. The number of allylic oxidation sites excluding steroid dienone is 3. The van der Waals surface area contributed by atoms with Gasteiger partial charge in [-0.1, -0.05) is 18.2 Å². The molecule has 5 nitrogen and oxygen atoms in total. The second-order valence-corrected chi connectivity index (χ2v) is 4.15. The Bertz CT molecular complexity index is 643. The van der Waals surface area contributed by atoms with Crippen LogP contribution in [0.3, 0.4) is 0 Å². The van der Waals surface area contributed by atoms with Crippen molar-refractivity contribution in [3.8, 4) is 11.5 Å². The first-order valence-electron chi connectivity index (χ1n) is 6.18. The third-order valence-electron chi connectivity index (χ3n) is 2.64. The van der Waals surface area contributed by atoms with E-state index in [1.54, 1.807) is 12.2 Å². The van der Waals surface area contributed by atoms with Crippen LogP contribution in [0.25, 0.3) is 11.5 Å². The van der Waals surface area contributed by atoms with Crippen molar-refractivity contribution in [3.05, 3.63) is 54.5 Å². The zero-order valence-electron chi connectivity index (χ0n) is 11.3. The summed E-state index contributed by atoms with van der Waals surface area (Å²) in [5.74, 6) is 0.288. The van der Waals surface area contributed by atoms with Gasteiger partial charge in [0.1, 0.15) is 0 Å². The van der Waals surface area contributed by atoms with Gasteiger partial charge in [-0.05, 0) is 37.6 Å². The lowest BCUT2D eigenvalue weighted by Crippen LogP contribution is -2.08. The van der Waals surface area contributed by atoms with Gasteiger partial charge in [0.05, 0.1) is 0 Å². The molecule has 102 valence electrons. The van der Waals surface area contributed by atoms with E-state index in [0.29, 0.717) is 5.89 Å². The van der Waals surface area contributed by atoms with Gasteiger partial charge in [-0.25, -0.2) is 0 Å². The van der Waals surface area contributed by atoms with Crippen LogP contribution in [0, 0.1) is 6.92 Å². The summed E-state index contributed by atoms with van der Waals surface area (Å²) in [4.78, 5) is 11.7. The SMILES string of the molecule is C/C=C/C=C\C(=O)Nc1ccc(-c2nnco2)cc1C. The molecule has 0 atom stereocenters. The molecule has 5 heteroatoms. The first-order valence-corrected chi connectivity index (χ1v) is 6.18.